The zero-order valence-electron chi connectivity index (χ0n) is 15.8. The lowest BCUT2D eigenvalue weighted by Crippen LogP contribution is -2.39. The van der Waals surface area contributed by atoms with Gasteiger partial charge in [-0.3, -0.25) is 13.9 Å². The number of fused-ring (bicyclic) bond motifs is 1. The van der Waals surface area contributed by atoms with Crippen molar-refractivity contribution in [2.24, 2.45) is 13.0 Å². The van der Waals surface area contributed by atoms with Crippen LogP contribution in [-0.4, -0.2) is 37.6 Å². The van der Waals surface area contributed by atoms with Crippen LogP contribution in [0, 0.1) is 12.8 Å². The maximum absolute atomic E-state index is 12.8. The largest absolute Gasteiger partial charge is 0.377 e. The van der Waals surface area contributed by atoms with E-state index in [4.69, 9.17) is 4.74 Å². The molecule has 142 valence electrons. The fraction of sp³-hybridized carbons (Fsp3) is 0.667. The van der Waals surface area contributed by atoms with Crippen LogP contribution in [-0.2, 0) is 18.3 Å². The molecule has 26 heavy (non-hydrogen) atoms. The standard InChI is InChI=1S/C18H26N4O3S/c1-11(2)9-22-15-14(17(23)21(4)18(22)24)16(20-12(3)19-15)26-10-13-7-5-6-8-25-13/h11,13H,5-10H2,1-4H3. The monoisotopic (exact) mass is 378 g/mol. The summed E-state index contributed by atoms with van der Waals surface area (Å²) in [4.78, 5) is 34.3. The number of hydrogen-bond acceptors (Lipinski definition) is 6. The van der Waals surface area contributed by atoms with Crippen LogP contribution in [0.2, 0.25) is 0 Å². The number of thioether (sulfide) groups is 1. The van der Waals surface area contributed by atoms with Crippen molar-refractivity contribution in [1.82, 2.24) is 19.1 Å². The van der Waals surface area contributed by atoms with E-state index in [-0.39, 0.29) is 23.3 Å². The fourth-order valence-electron chi connectivity index (χ4n) is 3.19. The molecule has 1 aliphatic rings. The van der Waals surface area contributed by atoms with Crippen LogP contribution in [0.15, 0.2) is 14.6 Å². The Kier molecular flexibility index (Phi) is 5.82. The zero-order valence-corrected chi connectivity index (χ0v) is 16.6. The molecule has 1 fully saturated rings. The van der Waals surface area contributed by atoms with Gasteiger partial charge in [0, 0.05) is 26.0 Å². The first-order valence-corrected chi connectivity index (χ1v) is 10.1. The van der Waals surface area contributed by atoms with E-state index >= 15 is 0 Å². The van der Waals surface area contributed by atoms with E-state index in [1.165, 1.54) is 25.2 Å². The van der Waals surface area contributed by atoms with Crippen molar-refractivity contribution >= 4 is 22.8 Å². The molecule has 3 rings (SSSR count). The molecule has 0 amide bonds. The number of rotatable bonds is 5. The van der Waals surface area contributed by atoms with Gasteiger partial charge in [-0.05, 0) is 32.1 Å². The minimum atomic E-state index is -0.336. The topological polar surface area (TPSA) is 79.0 Å². The molecule has 0 bridgehead atoms. The predicted molar refractivity (Wildman–Crippen MR) is 103 cm³/mol. The van der Waals surface area contributed by atoms with Gasteiger partial charge in [0.2, 0.25) is 0 Å². The van der Waals surface area contributed by atoms with E-state index in [1.54, 1.807) is 11.5 Å². The Hall–Kier alpha value is -1.67. The average Bonchev–Trinajstić information content (AvgIpc) is 2.62. The smallest absolute Gasteiger partial charge is 0.332 e. The lowest BCUT2D eigenvalue weighted by atomic mass is 10.1. The lowest BCUT2D eigenvalue weighted by molar-refractivity contribution is 0.0315. The molecule has 0 spiro atoms. The average molecular weight is 378 g/mol. The highest BCUT2D eigenvalue weighted by molar-refractivity contribution is 7.99. The summed E-state index contributed by atoms with van der Waals surface area (Å²) in [5.74, 6) is 1.57. The highest BCUT2D eigenvalue weighted by atomic mass is 32.2. The Labute approximate surface area is 156 Å². The molecule has 1 aliphatic heterocycles. The van der Waals surface area contributed by atoms with Crippen molar-refractivity contribution in [1.29, 1.82) is 0 Å². The van der Waals surface area contributed by atoms with Crippen LogP contribution in [0.5, 0.6) is 0 Å². The van der Waals surface area contributed by atoms with Gasteiger partial charge in [-0.1, -0.05) is 13.8 Å². The van der Waals surface area contributed by atoms with E-state index in [0.717, 1.165) is 29.8 Å². The molecule has 2 aromatic heterocycles. The quantitative estimate of drug-likeness (QED) is 0.586. The van der Waals surface area contributed by atoms with Gasteiger partial charge in [-0.15, -0.1) is 11.8 Å². The predicted octanol–water partition coefficient (Wildman–Crippen LogP) is 2.12. The highest BCUT2D eigenvalue weighted by Crippen LogP contribution is 2.26. The minimum absolute atomic E-state index is 0.185. The van der Waals surface area contributed by atoms with E-state index in [0.29, 0.717) is 28.4 Å². The van der Waals surface area contributed by atoms with Gasteiger partial charge >= 0.3 is 5.69 Å². The first-order valence-electron chi connectivity index (χ1n) is 9.11. The minimum Gasteiger partial charge on any atom is -0.377 e. The summed E-state index contributed by atoms with van der Waals surface area (Å²) in [6.45, 7) is 7.17. The van der Waals surface area contributed by atoms with Crippen LogP contribution in [0.4, 0.5) is 0 Å². The van der Waals surface area contributed by atoms with Gasteiger partial charge in [0.25, 0.3) is 5.56 Å². The van der Waals surface area contributed by atoms with E-state index < -0.39 is 0 Å². The van der Waals surface area contributed by atoms with Crippen LogP contribution in [0.1, 0.15) is 38.9 Å². The van der Waals surface area contributed by atoms with Crippen LogP contribution >= 0.6 is 11.8 Å². The number of aromatic nitrogens is 4. The maximum atomic E-state index is 12.8. The Morgan fingerprint density at radius 1 is 1.27 bits per heavy atom. The van der Waals surface area contributed by atoms with Gasteiger partial charge in [0.1, 0.15) is 16.2 Å². The molecular weight excluding hydrogens is 352 g/mol. The molecule has 3 heterocycles. The SMILES string of the molecule is Cc1nc(SCC2CCCCO2)c2c(=O)n(C)c(=O)n(CC(C)C)c2n1. The summed E-state index contributed by atoms with van der Waals surface area (Å²) in [5, 5.41) is 1.07. The summed E-state index contributed by atoms with van der Waals surface area (Å²) in [5.41, 5.74) is -0.232. The molecule has 0 radical (unpaired) electrons. The molecule has 1 atom stereocenters. The molecule has 2 aromatic rings. The molecule has 0 N–H and O–H groups in total. The van der Waals surface area contributed by atoms with Crippen LogP contribution < -0.4 is 11.2 Å². The van der Waals surface area contributed by atoms with Crippen molar-refractivity contribution in [3.05, 3.63) is 26.7 Å². The third-order valence-corrected chi connectivity index (χ3v) is 5.60. The second-order valence-corrected chi connectivity index (χ2v) is 8.23. The Morgan fingerprint density at radius 2 is 2.04 bits per heavy atom. The van der Waals surface area contributed by atoms with Gasteiger partial charge in [-0.25, -0.2) is 14.8 Å². The molecule has 7 nitrogen and oxygen atoms in total. The van der Waals surface area contributed by atoms with Crippen molar-refractivity contribution in [3.63, 3.8) is 0 Å². The summed E-state index contributed by atoms with van der Waals surface area (Å²) < 4.78 is 8.54. The normalized spacial score (nSPS) is 18.0. The van der Waals surface area contributed by atoms with Crippen molar-refractivity contribution in [2.75, 3.05) is 12.4 Å². The third-order valence-electron chi connectivity index (χ3n) is 4.49. The molecule has 0 aromatic carbocycles. The zero-order chi connectivity index (χ0) is 18.8. The molecule has 8 heteroatoms. The molecule has 1 saturated heterocycles. The van der Waals surface area contributed by atoms with Gasteiger partial charge in [0.05, 0.1) is 6.10 Å². The number of hydrogen-bond donors (Lipinski definition) is 0. The molecule has 0 aliphatic carbocycles. The van der Waals surface area contributed by atoms with E-state index in [9.17, 15) is 9.59 Å². The molecular formula is C18H26N4O3S. The van der Waals surface area contributed by atoms with Crippen LogP contribution in [0.25, 0.3) is 11.0 Å². The summed E-state index contributed by atoms with van der Waals surface area (Å²) in [6, 6.07) is 0. The van der Waals surface area contributed by atoms with Crippen molar-refractivity contribution in [2.45, 2.75) is 57.7 Å². The number of ether oxygens (including phenoxy) is 1. The number of aryl methyl sites for hydroxylation is 1. The number of nitrogens with zero attached hydrogens (tertiary/aromatic N) is 4. The maximum Gasteiger partial charge on any atom is 0.332 e. The van der Waals surface area contributed by atoms with Gasteiger partial charge in [0.15, 0.2) is 5.65 Å². The second-order valence-electron chi connectivity index (χ2n) is 7.23. The van der Waals surface area contributed by atoms with E-state index in [2.05, 4.69) is 9.97 Å². The van der Waals surface area contributed by atoms with Crippen LogP contribution in [0.3, 0.4) is 0 Å². The first kappa shape index (κ1) is 19.1. The van der Waals surface area contributed by atoms with Crippen molar-refractivity contribution < 1.29 is 4.74 Å². The fourth-order valence-corrected chi connectivity index (χ4v) is 4.31. The van der Waals surface area contributed by atoms with Gasteiger partial charge < -0.3 is 4.74 Å². The Bertz CT molecular complexity index is 913. The lowest BCUT2D eigenvalue weighted by Gasteiger charge is -2.22. The summed E-state index contributed by atoms with van der Waals surface area (Å²) >= 11 is 1.52. The van der Waals surface area contributed by atoms with E-state index in [1.807, 2.05) is 13.8 Å². The van der Waals surface area contributed by atoms with Gasteiger partial charge in [-0.2, -0.15) is 0 Å². The second kappa shape index (κ2) is 7.92. The summed E-state index contributed by atoms with van der Waals surface area (Å²) in [7, 11) is 1.51. The molecule has 0 saturated carbocycles. The Morgan fingerprint density at radius 3 is 2.69 bits per heavy atom. The highest BCUT2D eigenvalue weighted by Gasteiger charge is 2.20. The summed E-state index contributed by atoms with van der Waals surface area (Å²) in [6.07, 6.45) is 3.50. The third kappa shape index (κ3) is 3.86. The first-order chi connectivity index (χ1) is 12.4. The molecule has 1 unspecified atom stereocenters. The Balaban J connectivity index is 2.09. The van der Waals surface area contributed by atoms with Crippen molar-refractivity contribution in [3.8, 4) is 0 Å².